The van der Waals surface area contributed by atoms with E-state index in [1.54, 1.807) is 0 Å². The highest BCUT2D eigenvalue weighted by Gasteiger charge is 2.16. The summed E-state index contributed by atoms with van der Waals surface area (Å²) in [5.74, 6) is 2.11. The number of ether oxygens (including phenoxy) is 1. The molecule has 0 aliphatic carbocycles. The van der Waals surface area contributed by atoms with Gasteiger partial charge in [0, 0.05) is 5.39 Å². The lowest BCUT2D eigenvalue weighted by atomic mass is 9.92. The van der Waals surface area contributed by atoms with Gasteiger partial charge in [-0.2, -0.15) is 15.3 Å². The topological polar surface area (TPSA) is 70.7 Å². The molecule has 3 unspecified atom stereocenters. The second-order valence-electron chi connectivity index (χ2n) is 10.6. The van der Waals surface area contributed by atoms with E-state index >= 15 is 0 Å². The highest BCUT2D eigenvalue weighted by Crippen LogP contribution is 2.38. The van der Waals surface area contributed by atoms with Crippen LogP contribution in [0.25, 0.3) is 10.8 Å². The van der Waals surface area contributed by atoms with E-state index in [1.165, 1.54) is 6.42 Å². The molecule has 1 N–H and O–H groups in total. The van der Waals surface area contributed by atoms with Crippen LogP contribution in [0.5, 0.6) is 5.75 Å². The summed E-state index contributed by atoms with van der Waals surface area (Å²) in [5.41, 5.74) is 3.09. The van der Waals surface area contributed by atoms with Crippen molar-refractivity contribution in [1.29, 1.82) is 0 Å². The third-order valence-electron chi connectivity index (χ3n) is 7.10. The van der Waals surface area contributed by atoms with Gasteiger partial charge in [0.1, 0.15) is 11.4 Å². The molecule has 0 heterocycles. The maximum Gasteiger partial charge on any atom is 0.147 e. The van der Waals surface area contributed by atoms with Crippen LogP contribution < -0.4 is 10.1 Å². The Hall–Kier alpha value is -3.90. The SMILES string of the molecule is CCC(CCC(C)CC(C)CNC)Oc1ccc2ccccc2c1N=Nc1ccc(N=Nc2ccccc2)cc1. The van der Waals surface area contributed by atoms with Gasteiger partial charge in [-0.05, 0) is 99.0 Å². The number of fused-ring (bicyclic) bond motifs is 1. The molecule has 0 saturated heterocycles. The van der Waals surface area contributed by atoms with Crippen LogP contribution in [0.3, 0.4) is 0 Å². The summed E-state index contributed by atoms with van der Waals surface area (Å²) in [5, 5.41) is 23.3. The van der Waals surface area contributed by atoms with Gasteiger partial charge in [-0.3, -0.25) is 0 Å². The van der Waals surface area contributed by atoms with E-state index in [0.717, 1.165) is 65.1 Å². The van der Waals surface area contributed by atoms with Crippen LogP contribution in [0.1, 0.15) is 46.5 Å². The van der Waals surface area contributed by atoms with Gasteiger partial charge in [0.25, 0.3) is 0 Å². The van der Waals surface area contributed by atoms with Crippen molar-refractivity contribution in [3.8, 4) is 5.75 Å². The Labute approximate surface area is 238 Å². The summed E-state index contributed by atoms with van der Waals surface area (Å²) in [6, 6.07) is 29.7. The zero-order valence-electron chi connectivity index (χ0n) is 24.1. The number of azo groups is 2. The van der Waals surface area contributed by atoms with E-state index in [-0.39, 0.29) is 6.10 Å². The molecule has 0 aromatic heterocycles. The van der Waals surface area contributed by atoms with Crippen LogP contribution in [0.4, 0.5) is 22.7 Å². The van der Waals surface area contributed by atoms with Gasteiger partial charge in [0.05, 0.1) is 23.2 Å². The first kappa shape index (κ1) is 29.1. The number of hydrogen-bond donors (Lipinski definition) is 1. The lowest BCUT2D eigenvalue weighted by Gasteiger charge is -2.22. The molecule has 208 valence electrons. The van der Waals surface area contributed by atoms with Crippen molar-refractivity contribution < 1.29 is 4.74 Å². The smallest absolute Gasteiger partial charge is 0.147 e. The van der Waals surface area contributed by atoms with Crippen LogP contribution in [-0.4, -0.2) is 19.7 Å². The van der Waals surface area contributed by atoms with Crippen molar-refractivity contribution in [3.63, 3.8) is 0 Å². The Kier molecular flexibility index (Phi) is 10.9. The van der Waals surface area contributed by atoms with E-state index in [1.807, 2.05) is 79.8 Å². The monoisotopic (exact) mass is 535 g/mol. The summed E-state index contributed by atoms with van der Waals surface area (Å²) in [6.07, 6.45) is 4.46. The summed E-state index contributed by atoms with van der Waals surface area (Å²) >= 11 is 0. The maximum absolute atomic E-state index is 6.59. The molecule has 0 spiro atoms. The molecule has 0 radical (unpaired) electrons. The Bertz CT molecular complexity index is 1380. The largest absolute Gasteiger partial charge is 0.488 e. The fraction of sp³-hybridized carbons (Fsp3) is 0.353. The lowest BCUT2D eigenvalue weighted by molar-refractivity contribution is 0.175. The molecule has 0 aliphatic heterocycles. The number of nitrogens with zero attached hydrogens (tertiary/aromatic N) is 4. The van der Waals surface area contributed by atoms with Gasteiger partial charge < -0.3 is 10.1 Å². The third-order valence-corrected chi connectivity index (χ3v) is 7.10. The van der Waals surface area contributed by atoms with Gasteiger partial charge in [-0.1, -0.05) is 69.3 Å². The zero-order chi connectivity index (χ0) is 28.2. The van der Waals surface area contributed by atoms with Gasteiger partial charge in [-0.15, -0.1) is 5.11 Å². The standard InChI is InChI=1S/C34H41N5O/c1-5-31(21-15-25(2)23-26(3)24-35-4)40-33-22-16-27-11-9-10-14-32(27)34(33)39-38-30-19-17-29(18-20-30)37-36-28-12-7-6-8-13-28/h6-14,16-20,22,25-26,31,35H,5,15,21,23-24H2,1-4H3. The molecule has 40 heavy (non-hydrogen) atoms. The molecule has 0 amide bonds. The predicted octanol–water partition coefficient (Wildman–Crippen LogP) is 10.5. The fourth-order valence-corrected chi connectivity index (χ4v) is 4.97. The Balaban J connectivity index is 1.49. The summed E-state index contributed by atoms with van der Waals surface area (Å²) < 4.78 is 6.59. The van der Waals surface area contributed by atoms with Gasteiger partial charge in [-0.25, -0.2) is 0 Å². The van der Waals surface area contributed by atoms with Crippen LogP contribution in [0.2, 0.25) is 0 Å². The van der Waals surface area contributed by atoms with Crippen molar-refractivity contribution >= 4 is 33.5 Å². The van der Waals surface area contributed by atoms with E-state index in [0.29, 0.717) is 11.8 Å². The average Bonchev–Trinajstić information content (AvgIpc) is 2.98. The van der Waals surface area contributed by atoms with Crippen LogP contribution in [0, 0.1) is 11.8 Å². The molecule has 4 aromatic carbocycles. The maximum atomic E-state index is 6.59. The van der Waals surface area contributed by atoms with Crippen molar-refractivity contribution in [2.75, 3.05) is 13.6 Å². The first-order valence-electron chi connectivity index (χ1n) is 14.4. The molecule has 3 atom stereocenters. The minimum atomic E-state index is 0.131. The first-order chi connectivity index (χ1) is 19.6. The summed E-state index contributed by atoms with van der Waals surface area (Å²) in [6.45, 7) is 7.92. The summed E-state index contributed by atoms with van der Waals surface area (Å²) in [7, 11) is 2.02. The zero-order valence-corrected chi connectivity index (χ0v) is 24.1. The van der Waals surface area contributed by atoms with E-state index in [4.69, 9.17) is 9.85 Å². The Morgan fingerprint density at radius 3 is 1.98 bits per heavy atom. The number of nitrogens with one attached hydrogen (secondary N) is 1. The molecule has 0 fully saturated rings. The van der Waals surface area contributed by atoms with Crippen molar-refractivity contribution in [1.82, 2.24) is 5.32 Å². The van der Waals surface area contributed by atoms with Crippen LogP contribution in [-0.2, 0) is 0 Å². The molecule has 6 nitrogen and oxygen atoms in total. The highest BCUT2D eigenvalue weighted by atomic mass is 16.5. The molecule has 0 saturated carbocycles. The van der Waals surface area contributed by atoms with Gasteiger partial charge in [0.2, 0.25) is 0 Å². The number of rotatable bonds is 14. The number of benzene rings is 4. The molecular formula is C34H41N5O. The molecule has 0 bridgehead atoms. The van der Waals surface area contributed by atoms with Crippen molar-refractivity contribution in [2.24, 2.45) is 32.3 Å². The molecule has 4 aromatic rings. The highest BCUT2D eigenvalue weighted by molar-refractivity contribution is 5.95. The Morgan fingerprint density at radius 1 is 0.675 bits per heavy atom. The lowest BCUT2D eigenvalue weighted by Crippen LogP contribution is -2.20. The first-order valence-corrected chi connectivity index (χ1v) is 14.4. The normalized spacial score (nSPS) is 14.1. The Morgan fingerprint density at radius 2 is 1.30 bits per heavy atom. The quantitative estimate of drug-likeness (QED) is 0.163. The second-order valence-corrected chi connectivity index (χ2v) is 10.6. The second kappa shape index (κ2) is 15.0. The average molecular weight is 536 g/mol. The predicted molar refractivity (Wildman–Crippen MR) is 166 cm³/mol. The van der Waals surface area contributed by atoms with E-state index in [2.05, 4.69) is 59.6 Å². The van der Waals surface area contributed by atoms with Gasteiger partial charge >= 0.3 is 0 Å². The van der Waals surface area contributed by atoms with Crippen molar-refractivity contribution in [3.05, 3.63) is 91.0 Å². The minimum absolute atomic E-state index is 0.131. The molecule has 6 heteroatoms. The fourth-order valence-electron chi connectivity index (χ4n) is 4.97. The molecule has 0 aliphatic rings. The van der Waals surface area contributed by atoms with E-state index in [9.17, 15) is 0 Å². The van der Waals surface area contributed by atoms with Crippen molar-refractivity contribution in [2.45, 2.75) is 52.6 Å². The molecule has 4 rings (SSSR count). The summed E-state index contributed by atoms with van der Waals surface area (Å²) in [4.78, 5) is 0. The van der Waals surface area contributed by atoms with E-state index < -0.39 is 0 Å². The third kappa shape index (κ3) is 8.55. The minimum Gasteiger partial charge on any atom is -0.488 e. The molecular weight excluding hydrogens is 494 g/mol. The van der Waals surface area contributed by atoms with Crippen LogP contribution in [0.15, 0.2) is 111 Å². The van der Waals surface area contributed by atoms with Gasteiger partial charge in [0.15, 0.2) is 0 Å². The van der Waals surface area contributed by atoms with Crippen LogP contribution >= 0.6 is 0 Å². The number of hydrogen-bond acceptors (Lipinski definition) is 6.